The molecule has 0 aromatic carbocycles. The van der Waals surface area contributed by atoms with Crippen LogP contribution in [0.25, 0.3) is 0 Å². The van der Waals surface area contributed by atoms with E-state index in [0.29, 0.717) is 5.92 Å². The Balaban J connectivity index is 2.38. The number of aliphatic hydroxyl groups excluding tert-OH is 1. The molecule has 1 rings (SSSR count). The van der Waals surface area contributed by atoms with Crippen LogP contribution in [0.5, 0.6) is 0 Å². The van der Waals surface area contributed by atoms with Crippen LogP contribution in [0.1, 0.15) is 112 Å². The van der Waals surface area contributed by atoms with Crippen molar-refractivity contribution in [2.24, 2.45) is 11.8 Å². The minimum Gasteiger partial charge on any atom is -0.0856 e. The van der Waals surface area contributed by atoms with E-state index in [1.807, 2.05) is 5.97 Å². The van der Waals surface area contributed by atoms with Crippen molar-refractivity contribution in [2.75, 3.05) is 0 Å². The van der Waals surface area contributed by atoms with Gasteiger partial charge in [-0.1, -0.05) is 31.4 Å². The summed E-state index contributed by atoms with van der Waals surface area (Å²) in [5.41, 5.74) is 7.21. The van der Waals surface area contributed by atoms with Crippen LogP contribution in [0.15, 0.2) is 46.1 Å². The van der Waals surface area contributed by atoms with Crippen molar-refractivity contribution >= 4 is 13.5 Å². The van der Waals surface area contributed by atoms with Crippen LogP contribution >= 0.6 is 0 Å². The topological polar surface area (TPSA) is 20.2 Å². The van der Waals surface area contributed by atoms with Gasteiger partial charge in [0.05, 0.1) is 0 Å². The first-order valence-electron chi connectivity index (χ1n) is 12.8. The molecule has 3 unspecified atom stereocenters. The summed E-state index contributed by atoms with van der Waals surface area (Å²) < 4.78 is 0. The zero-order valence-electron chi connectivity index (χ0n) is 21.5. The van der Waals surface area contributed by atoms with Crippen molar-refractivity contribution < 1.29 is 5.11 Å². The van der Waals surface area contributed by atoms with Crippen LogP contribution in [0.2, 0.25) is 0 Å². The average Bonchev–Trinajstić information content (AvgIpc) is 2.73. The van der Waals surface area contributed by atoms with Gasteiger partial charge in [-0.3, -0.25) is 0 Å². The van der Waals surface area contributed by atoms with Crippen molar-refractivity contribution in [1.82, 2.24) is 0 Å². The van der Waals surface area contributed by atoms with Crippen molar-refractivity contribution in [1.29, 1.82) is 0 Å². The van der Waals surface area contributed by atoms with E-state index in [9.17, 15) is 5.11 Å². The van der Waals surface area contributed by atoms with Crippen LogP contribution in [0, 0.1) is 11.8 Å². The fourth-order valence-corrected chi connectivity index (χ4v) is 4.47. The van der Waals surface area contributed by atoms with Gasteiger partial charge >= 0.3 is 137 Å². The van der Waals surface area contributed by atoms with Gasteiger partial charge in [0, 0.05) is 0 Å². The Hall–Kier alpha value is -1.15. The molecule has 0 bridgehead atoms. The summed E-state index contributed by atoms with van der Waals surface area (Å²) in [5, 5.41) is 10.4. The number of allylic oxidation sites excluding steroid dienone is 6. The molecule has 1 nitrogen and oxygen atoms in total. The second-order valence-electron chi connectivity index (χ2n) is 9.94. The van der Waals surface area contributed by atoms with E-state index in [1.165, 1.54) is 74.5 Å². The molecule has 0 saturated carbocycles. The molecule has 0 fully saturated rings. The summed E-state index contributed by atoms with van der Waals surface area (Å²) in [4.78, 5) is 0. The number of unbranched alkanes of at least 4 members (excludes halogenated alkanes) is 2. The number of rotatable bonds is 15. The molecule has 174 valence electrons. The van der Waals surface area contributed by atoms with Gasteiger partial charge in [-0.15, -0.1) is 0 Å². The molecule has 1 aliphatic rings. The summed E-state index contributed by atoms with van der Waals surface area (Å²) in [5.74, 6) is 2.92. The van der Waals surface area contributed by atoms with Crippen LogP contribution in [0.4, 0.5) is 0 Å². The first-order valence-corrected chi connectivity index (χ1v) is 12.8. The molecule has 0 aromatic rings. The molecule has 1 aliphatic carbocycles. The molecule has 31 heavy (non-hydrogen) atoms. The summed E-state index contributed by atoms with van der Waals surface area (Å²) in [6.07, 6.45) is 19.9. The molecule has 0 heterocycles. The van der Waals surface area contributed by atoms with Gasteiger partial charge < -0.3 is 0 Å². The maximum atomic E-state index is 10.4. The second kappa shape index (κ2) is 15.6. The molecule has 1 N–H and O–H groups in total. The predicted octanol–water partition coefficient (Wildman–Crippen LogP) is 7.78. The average molecular weight is 425 g/mol. The van der Waals surface area contributed by atoms with Gasteiger partial charge in [0.1, 0.15) is 0 Å². The summed E-state index contributed by atoms with van der Waals surface area (Å²) >= 11 is 0. The molecule has 0 amide bonds. The standard InChI is InChI=1S/C29H49BO/c1-7-8-9-12-22(2)13-10-14-23(3)15-11-16-24(4)17-18-27-21-29(31)26(6)25(5)28(27)19-20-30/h12,15,20-21,24,26,29-31H,7-11,13-14,16-19H2,1-6H3/b22-12+,23-15+. The molecular weight excluding hydrogens is 375 g/mol. The number of aliphatic hydroxyl groups is 1. The zero-order chi connectivity index (χ0) is 23.2. The quantitative estimate of drug-likeness (QED) is 0.162. The molecule has 0 aliphatic heterocycles. The first-order chi connectivity index (χ1) is 14.8. The SMILES string of the molecule is B=CCC1=C(C)C(C)C(O)C=C1CCC(C)CC/C=C(\C)CCC/C(C)=C/CCCC. The van der Waals surface area contributed by atoms with Crippen molar-refractivity contribution in [2.45, 2.75) is 118 Å². The number of hydrogen-bond acceptors (Lipinski definition) is 1. The van der Waals surface area contributed by atoms with Crippen LogP contribution < -0.4 is 0 Å². The van der Waals surface area contributed by atoms with E-state index >= 15 is 0 Å². The van der Waals surface area contributed by atoms with Crippen molar-refractivity contribution in [3.8, 4) is 0 Å². The Kier molecular flexibility index (Phi) is 14.1. The second-order valence-corrected chi connectivity index (χ2v) is 9.94. The molecule has 0 saturated heterocycles. The van der Waals surface area contributed by atoms with Crippen molar-refractivity contribution in [3.05, 3.63) is 46.1 Å². The molecule has 3 atom stereocenters. The molecule has 2 heteroatoms. The predicted molar refractivity (Wildman–Crippen MR) is 142 cm³/mol. The summed E-state index contributed by atoms with van der Waals surface area (Å²) in [6.45, 7) is 13.5. The fourth-order valence-electron chi connectivity index (χ4n) is 4.47. The maximum absolute atomic E-state index is 10.4. The van der Waals surface area contributed by atoms with E-state index < -0.39 is 0 Å². The van der Waals surface area contributed by atoms with E-state index in [-0.39, 0.29) is 12.0 Å². The van der Waals surface area contributed by atoms with Crippen molar-refractivity contribution in [3.63, 3.8) is 0 Å². The molecule has 0 radical (unpaired) electrons. The van der Waals surface area contributed by atoms with E-state index in [4.69, 9.17) is 0 Å². The van der Waals surface area contributed by atoms with Gasteiger partial charge in [-0.25, -0.2) is 0 Å². The third-order valence-electron chi connectivity index (χ3n) is 7.03. The Bertz CT molecular complexity index is 664. The normalized spacial score (nSPS) is 21.3. The van der Waals surface area contributed by atoms with E-state index in [2.05, 4.69) is 67.3 Å². The monoisotopic (exact) mass is 424 g/mol. The third kappa shape index (κ3) is 10.8. The van der Waals surface area contributed by atoms with E-state index in [0.717, 1.165) is 12.8 Å². The van der Waals surface area contributed by atoms with Gasteiger partial charge in [-0.2, -0.15) is 0 Å². The molecule has 0 spiro atoms. The van der Waals surface area contributed by atoms with Gasteiger partial charge in [0.15, 0.2) is 0 Å². The van der Waals surface area contributed by atoms with Crippen LogP contribution in [-0.2, 0) is 0 Å². The summed E-state index contributed by atoms with van der Waals surface area (Å²) in [7, 11) is 3.93. The molecule has 0 aromatic heterocycles. The van der Waals surface area contributed by atoms with E-state index in [1.54, 1.807) is 11.1 Å². The summed E-state index contributed by atoms with van der Waals surface area (Å²) in [6, 6.07) is 0. The first kappa shape index (κ1) is 27.9. The Labute approximate surface area is 194 Å². The van der Waals surface area contributed by atoms with Gasteiger partial charge in [-0.05, 0) is 26.2 Å². The van der Waals surface area contributed by atoms with Gasteiger partial charge in [0.25, 0.3) is 0 Å². The smallest absolute Gasteiger partial charge is 0.0856 e. The Morgan fingerprint density at radius 2 is 1.74 bits per heavy atom. The minimum absolute atomic E-state index is 0.222. The fraction of sp³-hybridized carbons (Fsp3) is 0.690. The third-order valence-corrected chi connectivity index (χ3v) is 7.03. The Morgan fingerprint density at radius 1 is 1.10 bits per heavy atom. The van der Waals surface area contributed by atoms with Crippen LogP contribution in [-0.4, -0.2) is 24.7 Å². The minimum atomic E-state index is -0.338. The zero-order valence-corrected chi connectivity index (χ0v) is 21.5. The van der Waals surface area contributed by atoms with Crippen LogP contribution in [0.3, 0.4) is 0 Å². The van der Waals surface area contributed by atoms with Gasteiger partial charge in [0.2, 0.25) is 0 Å². The Morgan fingerprint density at radius 3 is 2.35 bits per heavy atom. The molecular formula is C29H49BO. The number of hydrogen-bond donors (Lipinski definition) is 1.